The normalized spacial score (nSPS) is 19.4. The first-order valence-electron chi connectivity index (χ1n) is 7.38. The van der Waals surface area contributed by atoms with Crippen molar-refractivity contribution < 1.29 is 0 Å². The molecule has 108 valence electrons. The summed E-state index contributed by atoms with van der Waals surface area (Å²) < 4.78 is 1.80. The third-order valence-corrected chi connectivity index (χ3v) is 4.07. The van der Waals surface area contributed by atoms with E-state index >= 15 is 0 Å². The third-order valence-electron chi connectivity index (χ3n) is 4.07. The summed E-state index contributed by atoms with van der Waals surface area (Å²) in [6.45, 7) is 6.45. The summed E-state index contributed by atoms with van der Waals surface area (Å²) in [5.41, 5.74) is 0.898. The minimum atomic E-state index is 0.699. The molecule has 1 atom stereocenters. The second kappa shape index (κ2) is 5.75. The molecule has 6 heteroatoms. The van der Waals surface area contributed by atoms with Crippen molar-refractivity contribution in [2.24, 2.45) is 13.0 Å². The highest BCUT2D eigenvalue weighted by Crippen LogP contribution is 2.24. The van der Waals surface area contributed by atoms with Gasteiger partial charge in [0.1, 0.15) is 12.1 Å². The second-order valence-electron chi connectivity index (χ2n) is 5.45. The molecular weight excluding hydrogens is 252 g/mol. The van der Waals surface area contributed by atoms with Crippen LogP contribution >= 0.6 is 0 Å². The molecule has 0 saturated carbocycles. The van der Waals surface area contributed by atoms with Gasteiger partial charge in [-0.05, 0) is 38.8 Å². The fourth-order valence-corrected chi connectivity index (χ4v) is 2.96. The molecule has 0 amide bonds. The van der Waals surface area contributed by atoms with Crippen molar-refractivity contribution in [1.29, 1.82) is 0 Å². The number of hydrogen-bond donors (Lipinski definition) is 1. The van der Waals surface area contributed by atoms with Crippen LogP contribution in [0, 0.1) is 5.92 Å². The predicted octanol–water partition coefficient (Wildman–Crippen LogP) is 1.19. The molecule has 1 N–H and O–H groups in total. The molecule has 1 aliphatic rings. The van der Waals surface area contributed by atoms with E-state index in [2.05, 4.69) is 32.2 Å². The van der Waals surface area contributed by atoms with E-state index in [1.165, 1.54) is 12.8 Å². The number of piperidine rings is 1. The number of nitrogens with zero attached hydrogens (tertiary/aromatic N) is 5. The molecule has 0 aromatic carbocycles. The monoisotopic (exact) mass is 274 g/mol. The van der Waals surface area contributed by atoms with Crippen LogP contribution in [0.25, 0.3) is 11.0 Å². The van der Waals surface area contributed by atoms with Gasteiger partial charge >= 0.3 is 0 Å². The SMILES string of the molecule is CCN(CC1CCCNC1)c1ncnc2c1cnn2C. The van der Waals surface area contributed by atoms with Gasteiger partial charge in [0.2, 0.25) is 0 Å². The quantitative estimate of drug-likeness (QED) is 0.907. The molecule has 2 aromatic rings. The zero-order valence-electron chi connectivity index (χ0n) is 12.2. The summed E-state index contributed by atoms with van der Waals surface area (Å²) in [5.74, 6) is 1.71. The number of anilines is 1. The Balaban J connectivity index is 1.86. The Bertz CT molecular complexity index is 572. The molecule has 0 aliphatic carbocycles. The number of rotatable bonds is 4. The maximum absolute atomic E-state index is 4.50. The lowest BCUT2D eigenvalue weighted by Gasteiger charge is -2.30. The molecule has 0 spiro atoms. The topological polar surface area (TPSA) is 58.9 Å². The number of fused-ring (bicyclic) bond motifs is 1. The van der Waals surface area contributed by atoms with E-state index in [1.807, 2.05) is 13.2 Å². The Labute approximate surface area is 119 Å². The maximum Gasteiger partial charge on any atom is 0.163 e. The molecular formula is C14H22N6. The molecule has 0 bridgehead atoms. The smallest absolute Gasteiger partial charge is 0.163 e. The van der Waals surface area contributed by atoms with E-state index in [4.69, 9.17) is 0 Å². The molecule has 20 heavy (non-hydrogen) atoms. The summed E-state index contributed by atoms with van der Waals surface area (Å²) in [7, 11) is 1.92. The van der Waals surface area contributed by atoms with Gasteiger partial charge in [-0.25, -0.2) is 9.97 Å². The van der Waals surface area contributed by atoms with Gasteiger partial charge in [0.05, 0.1) is 11.6 Å². The lowest BCUT2D eigenvalue weighted by atomic mass is 9.99. The van der Waals surface area contributed by atoms with Crippen LogP contribution < -0.4 is 10.2 Å². The molecule has 3 rings (SSSR count). The van der Waals surface area contributed by atoms with Crippen LogP contribution in [-0.4, -0.2) is 45.9 Å². The predicted molar refractivity (Wildman–Crippen MR) is 79.8 cm³/mol. The third kappa shape index (κ3) is 2.47. The minimum absolute atomic E-state index is 0.699. The molecule has 2 aromatic heterocycles. The van der Waals surface area contributed by atoms with E-state index in [0.29, 0.717) is 5.92 Å². The molecule has 6 nitrogen and oxygen atoms in total. The van der Waals surface area contributed by atoms with Crippen molar-refractivity contribution in [3.63, 3.8) is 0 Å². The number of nitrogens with one attached hydrogen (secondary N) is 1. The zero-order valence-corrected chi connectivity index (χ0v) is 12.2. The van der Waals surface area contributed by atoms with E-state index < -0.39 is 0 Å². The average Bonchev–Trinajstić information content (AvgIpc) is 2.88. The maximum atomic E-state index is 4.50. The lowest BCUT2D eigenvalue weighted by molar-refractivity contribution is 0.377. The first-order chi connectivity index (χ1) is 9.79. The van der Waals surface area contributed by atoms with Crippen molar-refractivity contribution in [2.75, 3.05) is 31.1 Å². The Morgan fingerprint density at radius 2 is 2.35 bits per heavy atom. The van der Waals surface area contributed by atoms with Crippen LogP contribution in [0.1, 0.15) is 19.8 Å². The van der Waals surface area contributed by atoms with Crippen LogP contribution in [0.4, 0.5) is 5.82 Å². The van der Waals surface area contributed by atoms with Crippen molar-refractivity contribution in [1.82, 2.24) is 25.1 Å². The molecule has 1 fully saturated rings. The number of aryl methyl sites for hydroxylation is 1. The van der Waals surface area contributed by atoms with Gasteiger partial charge in [-0.15, -0.1) is 0 Å². The van der Waals surface area contributed by atoms with E-state index in [9.17, 15) is 0 Å². The molecule has 3 heterocycles. The second-order valence-corrected chi connectivity index (χ2v) is 5.45. The average molecular weight is 274 g/mol. The van der Waals surface area contributed by atoms with Gasteiger partial charge in [0.25, 0.3) is 0 Å². The molecule has 1 saturated heterocycles. The van der Waals surface area contributed by atoms with E-state index in [-0.39, 0.29) is 0 Å². The summed E-state index contributed by atoms with van der Waals surface area (Å²) >= 11 is 0. The molecule has 1 unspecified atom stereocenters. The largest absolute Gasteiger partial charge is 0.356 e. The van der Waals surface area contributed by atoms with Crippen molar-refractivity contribution >= 4 is 16.9 Å². The summed E-state index contributed by atoms with van der Waals surface area (Å²) in [5, 5.41) is 8.82. The van der Waals surface area contributed by atoms with Gasteiger partial charge in [0, 0.05) is 20.1 Å². The highest BCUT2D eigenvalue weighted by atomic mass is 15.3. The molecule has 1 aliphatic heterocycles. The first-order valence-corrected chi connectivity index (χ1v) is 7.38. The lowest BCUT2D eigenvalue weighted by Crippen LogP contribution is -2.38. The van der Waals surface area contributed by atoms with Crippen molar-refractivity contribution in [2.45, 2.75) is 19.8 Å². The van der Waals surface area contributed by atoms with Crippen molar-refractivity contribution in [3.8, 4) is 0 Å². The van der Waals surface area contributed by atoms with Crippen LogP contribution in [0.2, 0.25) is 0 Å². The van der Waals surface area contributed by atoms with Crippen LogP contribution in [-0.2, 0) is 7.05 Å². The number of aromatic nitrogens is 4. The van der Waals surface area contributed by atoms with E-state index in [0.717, 1.165) is 43.0 Å². The Hall–Kier alpha value is -1.69. The van der Waals surface area contributed by atoms with Gasteiger partial charge < -0.3 is 10.2 Å². The van der Waals surface area contributed by atoms with Crippen LogP contribution in [0.3, 0.4) is 0 Å². The van der Waals surface area contributed by atoms with Crippen LogP contribution in [0.5, 0.6) is 0 Å². The zero-order chi connectivity index (χ0) is 13.9. The Morgan fingerprint density at radius 3 is 3.10 bits per heavy atom. The summed E-state index contributed by atoms with van der Waals surface area (Å²) in [6.07, 6.45) is 6.08. The highest BCUT2D eigenvalue weighted by Gasteiger charge is 2.19. The minimum Gasteiger partial charge on any atom is -0.356 e. The van der Waals surface area contributed by atoms with Gasteiger partial charge in [0.15, 0.2) is 5.65 Å². The van der Waals surface area contributed by atoms with Gasteiger partial charge in [-0.3, -0.25) is 4.68 Å². The standard InChI is InChI=1S/C14H22N6/c1-3-20(9-11-5-4-6-15-7-11)14-12-8-18-19(2)13(12)16-10-17-14/h8,10-11,15H,3-7,9H2,1-2H3. The molecule has 0 radical (unpaired) electrons. The fraction of sp³-hybridized carbons (Fsp3) is 0.643. The Morgan fingerprint density at radius 1 is 1.45 bits per heavy atom. The van der Waals surface area contributed by atoms with E-state index in [1.54, 1.807) is 11.0 Å². The Kier molecular flexibility index (Phi) is 3.82. The summed E-state index contributed by atoms with van der Waals surface area (Å²) in [6, 6.07) is 0. The van der Waals surface area contributed by atoms with Crippen LogP contribution in [0.15, 0.2) is 12.5 Å². The van der Waals surface area contributed by atoms with Gasteiger partial charge in [-0.1, -0.05) is 0 Å². The summed E-state index contributed by atoms with van der Waals surface area (Å²) in [4.78, 5) is 11.2. The fourth-order valence-electron chi connectivity index (χ4n) is 2.96. The number of hydrogen-bond acceptors (Lipinski definition) is 5. The van der Waals surface area contributed by atoms with Crippen molar-refractivity contribution in [3.05, 3.63) is 12.5 Å². The van der Waals surface area contributed by atoms with Gasteiger partial charge in [-0.2, -0.15) is 5.10 Å². The highest BCUT2D eigenvalue weighted by molar-refractivity contribution is 5.86. The first kappa shape index (κ1) is 13.3.